The van der Waals surface area contributed by atoms with Crippen LogP contribution in [-0.4, -0.2) is 15.8 Å². The van der Waals surface area contributed by atoms with Gasteiger partial charge in [0.25, 0.3) is 5.69 Å². The Morgan fingerprint density at radius 2 is 1.94 bits per heavy atom. The van der Waals surface area contributed by atoms with Crippen molar-refractivity contribution in [2.45, 2.75) is 13.8 Å². The summed E-state index contributed by atoms with van der Waals surface area (Å²) in [5.41, 5.74) is 2.20. The number of allylic oxidation sites excluding steroid dienone is 1. The predicted molar refractivity (Wildman–Crippen MR) is 61.6 cm³/mol. The van der Waals surface area contributed by atoms with Crippen molar-refractivity contribution >= 4 is 17.5 Å². The van der Waals surface area contributed by atoms with E-state index in [0.717, 1.165) is 11.1 Å². The van der Waals surface area contributed by atoms with Gasteiger partial charge in [-0.05, 0) is 37.1 Å². The SMILES string of the molecule is CC(=Cc1ccc([N+](=O)[O-])cc1)C(C)=NO. The van der Waals surface area contributed by atoms with E-state index in [4.69, 9.17) is 5.21 Å². The number of hydrogen-bond acceptors (Lipinski definition) is 4. The molecule has 1 rings (SSSR count). The number of benzene rings is 1. The molecule has 1 N–H and O–H groups in total. The van der Waals surface area contributed by atoms with Gasteiger partial charge in [0.2, 0.25) is 0 Å². The first-order chi connectivity index (χ1) is 7.54. The van der Waals surface area contributed by atoms with Crippen LogP contribution in [0.5, 0.6) is 0 Å². The van der Waals surface area contributed by atoms with Crippen LogP contribution >= 0.6 is 0 Å². The lowest BCUT2D eigenvalue weighted by molar-refractivity contribution is -0.384. The second-order valence-corrected chi connectivity index (χ2v) is 3.36. The quantitative estimate of drug-likeness (QED) is 0.368. The second-order valence-electron chi connectivity index (χ2n) is 3.36. The highest BCUT2D eigenvalue weighted by atomic mass is 16.6. The molecule has 0 radical (unpaired) electrons. The van der Waals surface area contributed by atoms with Crippen LogP contribution in [0.1, 0.15) is 19.4 Å². The van der Waals surface area contributed by atoms with E-state index in [9.17, 15) is 10.1 Å². The van der Waals surface area contributed by atoms with Gasteiger partial charge in [0.15, 0.2) is 0 Å². The Bertz CT molecular complexity index is 447. The average Bonchev–Trinajstić information content (AvgIpc) is 2.28. The molecule has 0 aliphatic heterocycles. The molecule has 5 nitrogen and oxygen atoms in total. The fourth-order valence-electron chi connectivity index (χ4n) is 1.13. The summed E-state index contributed by atoms with van der Waals surface area (Å²) >= 11 is 0. The normalized spacial score (nSPS) is 12.6. The summed E-state index contributed by atoms with van der Waals surface area (Å²) in [5.74, 6) is 0. The maximum absolute atomic E-state index is 10.4. The van der Waals surface area contributed by atoms with Crippen molar-refractivity contribution in [3.63, 3.8) is 0 Å². The molecule has 0 fully saturated rings. The molecule has 5 heteroatoms. The summed E-state index contributed by atoms with van der Waals surface area (Å²) in [6.07, 6.45) is 1.79. The predicted octanol–water partition coefficient (Wildman–Crippen LogP) is 2.85. The molecule has 0 amide bonds. The lowest BCUT2D eigenvalue weighted by atomic mass is 10.1. The van der Waals surface area contributed by atoms with Gasteiger partial charge in [-0.2, -0.15) is 0 Å². The van der Waals surface area contributed by atoms with E-state index in [0.29, 0.717) is 5.71 Å². The highest BCUT2D eigenvalue weighted by Gasteiger charge is 2.03. The van der Waals surface area contributed by atoms with Crippen molar-refractivity contribution in [3.8, 4) is 0 Å². The van der Waals surface area contributed by atoms with Crippen LogP contribution in [0.25, 0.3) is 6.08 Å². The largest absolute Gasteiger partial charge is 0.411 e. The summed E-state index contributed by atoms with van der Waals surface area (Å²) in [4.78, 5) is 9.98. The molecule has 0 aliphatic carbocycles. The minimum atomic E-state index is -0.444. The molecule has 0 spiro atoms. The summed E-state index contributed by atoms with van der Waals surface area (Å²) in [5, 5.41) is 22.1. The molecule has 1 aromatic rings. The van der Waals surface area contributed by atoms with E-state index in [1.54, 1.807) is 32.1 Å². The Hall–Kier alpha value is -2.17. The molecule has 0 unspecified atom stereocenters. The van der Waals surface area contributed by atoms with Crippen LogP contribution in [0.3, 0.4) is 0 Å². The van der Waals surface area contributed by atoms with Crippen molar-refractivity contribution in [1.29, 1.82) is 0 Å². The molecule has 0 atom stereocenters. The van der Waals surface area contributed by atoms with Gasteiger partial charge in [-0.1, -0.05) is 11.2 Å². The minimum absolute atomic E-state index is 0.0577. The number of nitro benzene ring substituents is 1. The Labute approximate surface area is 92.9 Å². The van der Waals surface area contributed by atoms with E-state index in [1.807, 2.05) is 0 Å². The summed E-state index contributed by atoms with van der Waals surface area (Å²) < 4.78 is 0. The van der Waals surface area contributed by atoms with E-state index in [2.05, 4.69) is 5.16 Å². The summed E-state index contributed by atoms with van der Waals surface area (Å²) in [7, 11) is 0. The number of oxime groups is 1. The first-order valence-corrected chi connectivity index (χ1v) is 4.66. The van der Waals surface area contributed by atoms with Crippen LogP contribution < -0.4 is 0 Å². The average molecular weight is 220 g/mol. The lowest BCUT2D eigenvalue weighted by Gasteiger charge is -1.98. The number of nitro groups is 1. The molecule has 16 heavy (non-hydrogen) atoms. The third-order valence-electron chi connectivity index (χ3n) is 2.21. The first-order valence-electron chi connectivity index (χ1n) is 4.66. The minimum Gasteiger partial charge on any atom is -0.411 e. The standard InChI is InChI=1S/C11H12N2O3/c1-8(9(2)12-14)7-10-3-5-11(6-4-10)13(15)16/h3-7,14H,1-2H3. The molecule has 0 aromatic heterocycles. The summed E-state index contributed by atoms with van der Waals surface area (Å²) in [6.45, 7) is 3.48. The van der Waals surface area contributed by atoms with Crippen molar-refractivity contribution in [1.82, 2.24) is 0 Å². The maximum Gasteiger partial charge on any atom is 0.269 e. The van der Waals surface area contributed by atoms with Crippen LogP contribution in [0.15, 0.2) is 35.0 Å². The molecule has 0 aliphatic rings. The van der Waals surface area contributed by atoms with Gasteiger partial charge in [-0.3, -0.25) is 10.1 Å². The van der Waals surface area contributed by atoms with Crippen LogP contribution in [-0.2, 0) is 0 Å². The zero-order chi connectivity index (χ0) is 12.1. The van der Waals surface area contributed by atoms with Crippen molar-refractivity contribution in [2.75, 3.05) is 0 Å². The Morgan fingerprint density at radius 1 is 1.38 bits per heavy atom. The lowest BCUT2D eigenvalue weighted by Crippen LogP contribution is -1.92. The fraction of sp³-hybridized carbons (Fsp3) is 0.182. The third kappa shape index (κ3) is 2.91. The van der Waals surface area contributed by atoms with Gasteiger partial charge in [-0.25, -0.2) is 0 Å². The van der Waals surface area contributed by atoms with E-state index in [1.165, 1.54) is 12.1 Å². The Morgan fingerprint density at radius 3 is 2.38 bits per heavy atom. The highest BCUT2D eigenvalue weighted by molar-refractivity contribution is 6.01. The molecular weight excluding hydrogens is 208 g/mol. The molecule has 0 saturated heterocycles. The number of non-ortho nitro benzene ring substituents is 1. The number of nitrogens with zero attached hydrogens (tertiary/aromatic N) is 2. The second kappa shape index (κ2) is 5.06. The van der Waals surface area contributed by atoms with Gasteiger partial charge in [0.05, 0.1) is 10.6 Å². The topological polar surface area (TPSA) is 75.7 Å². The van der Waals surface area contributed by atoms with Gasteiger partial charge >= 0.3 is 0 Å². The van der Waals surface area contributed by atoms with Gasteiger partial charge in [0.1, 0.15) is 0 Å². The van der Waals surface area contributed by atoms with Crippen LogP contribution in [0.2, 0.25) is 0 Å². The molecule has 84 valence electrons. The molecule has 0 heterocycles. The highest BCUT2D eigenvalue weighted by Crippen LogP contribution is 2.14. The van der Waals surface area contributed by atoms with Crippen molar-refractivity contribution < 1.29 is 10.1 Å². The zero-order valence-electron chi connectivity index (χ0n) is 9.04. The first kappa shape index (κ1) is 11.9. The van der Waals surface area contributed by atoms with E-state index in [-0.39, 0.29) is 5.69 Å². The van der Waals surface area contributed by atoms with E-state index < -0.39 is 4.92 Å². The Kier molecular flexibility index (Phi) is 3.77. The molecular formula is C11H12N2O3. The van der Waals surface area contributed by atoms with Gasteiger partial charge in [-0.15, -0.1) is 0 Å². The molecule has 0 saturated carbocycles. The van der Waals surface area contributed by atoms with Gasteiger partial charge < -0.3 is 5.21 Å². The number of hydrogen-bond donors (Lipinski definition) is 1. The number of rotatable bonds is 3. The smallest absolute Gasteiger partial charge is 0.269 e. The van der Waals surface area contributed by atoms with E-state index >= 15 is 0 Å². The fourth-order valence-corrected chi connectivity index (χ4v) is 1.13. The third-order valence-corrected chi connectivity index (χ3v) is 2.21. The molecule has 0 bridgehead atoms. The van der Waals surface area contributed by atoms with Crippen molar-refractivity contribution in [2.24, 2.45) is 5.16 Å². The zero-order valence-corrected chi connectivity index (χ0v) is 9.04. The summed E-state index contributed by atoms with van der Waals surface area (Å²) in [6, 6.07) is 6.16. The van der Waals surface area contributed by atoms with Gasteiger partial charge in [0, 0.05) is 12.1 Å². The van der Waals surface area contributed by atoms with Crippen LogP contribution in [0.4, 0.5) is 5.69 Å². The van der Waals surface area contributed by atoms with Crippen molar-refractivity contribution in [3.05, 3.63) is 45.5 Å². The Balaban J connectivity index is 2.95. The maximum atomic E-state index is 10.4. The molecule has 1 aromatic carbocycles. The monoisotopic (exact) mass is 220 g/mol. The van der Waals surface area contributed by atoms with Crippen LogP contribution in [0, 0.1) is 10.1 Å².